The molecule has 0 aliphatic carbocycles. The van der Waals surface area contributed by atoms with Crippen molar-refractivity contribution >= 4 is 5.97 Å². The van der Waals surface area contributed by atoms with E-state index in [1.807, 2.05) is 18.2 Å². The van der Waals surface area contributed by atoms with Crippen molar-refractivity contribution in [1.29, 1.82) is 0 Å². The zero-order valence-corrected chi connectivity index (χ0v) is 13.4. The molecule has 1 aromatic rings. The molecule has 1 N–H and O–H groups in total. The summed E-state index contributed by atoms with van der Waals surface area (Å²) in [6.07, 6.45) is 2.21. The number of carbonyl (C=O) groups is 1. The van der Waals surface area contributed by atoms with Crippen LogP contribution >= 0.6 is 0 Å². The van der Waals surface area contributed by atoms with E-state index in [4.69, 9.17) is 14.2 Å². The van der Waals surface area contributed by atoms with E-state index in [0.29, 0.717) is 31.1 Å². The van der Waals surface area contributed by atoms with Crippen molar-refractivity contribution in [3.05, 3.63) is 23.8 Å². The molecular formula is C17H24O5. The van der Waals surface area contributed by atoms with Gasteiger partial charge in [-0.1, -0.05) is 12.1 Å². The summed E-state index contributed by atoms with van der Waals surface area (Å²) in [6, 6.07) is 5.64. The minimum Gasteiger partial charge on any atom is -0.493 e. The smallest absolute Gasteiger partial charge is 0.309 e. The van der Waals surface area contributed by atoms with E-state index in [9.17, 15) is 9.90 Å². The van der Waals surface area contributed by atoms with Gasteiger partial charge in [0.05, 0.1) is 25.7 Å². The van der Waals surface area contributed by atoms with Crippen LogP contribution in [0.25, 0.3) is 0 Å². The van der Waals surface area contributed by atoms with Gasteiger partial charge in [0.25, 0.3) is 0 Å². The first-order valence-electron chi connectivity index (χ1n) is 7.57. The Hall–Kier alpha value is -1.75. The minimum absolute atomic E-state index is 0.116. The van der Waals surface area contributed by atoms with Crippen molar-refractivity contribution < 1.29 is 24.1 Å². The molecule has 0 aromatic heterocycles. The summed E-state index contributed by atoms with van der Waals surface area (Å²) in [5, 5.41) is 9.31. The molecule has 2 rings (SSSR count). The van der Waals surface area contributed by atoms with Gasteiger partial charge in [-0.25, -0.2) is 0 Å². The zero-order valence-electron chi connectivity index (χ0n) is 13.4. The predicted octanol–water partition coefficient (Wildman–Crippen LogP) is 2.91. The van der Waals surface area contributed by atoms with Crippen molar-refractivity contribution in [2.24, 2.45) is 5.41 Å². The van der Waals surface area contributed by atoms with Crippen molar-refractivity contribution in [3.8, 4) is 11.5 Å². The summed E-state index contributed by atoms with van der Waals surface area (Å²) in [5.41, 5.74) is -0.00984. The van der Waals surface area contributed by atoms with Crippen molar-refractivity contribution in [3.63, 3.8) is 0 Å². The molecule has 0 radical (unpaired) electrons. The lowest BCUT2D eigenvalue weighted by Gasteiger charge is -2.26. The molecule has 0 bridgehead atoms. The number of hydrogen-bond donors (Lipinski definition) is 1. The van der Waals surface area contributed by atoms with E-state index in [1.165, 1.54) is 0 Å². The third-order valence-electron chi connectivity index (χ3n) is 3.94. The Labute approximate surface area is 131 Å². The summed E-state index contributed by atoms with van der Waals surface area (Å²) in [7, 11) is 1.59. The van der Waals surface area contributed by atoms with Crippen LogP contribution in [-0.4, -0.2) is 37.5 Å². The van der Waals surface area contributed by atoms with Gasteiger partial charge in [0.1, 0.15) is 6.10 Å². The lowest BCUT2D eigenvalue weighted by atomic mass is 9.85. The van der Waals surface area contributed by atoms with Crippen molar-refractivity contribution in [2.75, 3.05) is 20.3 Å². The van der Waals surface area contributed by atoms with Crippen LogP contribution in [0.1, 0.15) is 32.3 Å². The molecule has 0 amide bonds. The Morgan fingerprint density at radius 3 is 2.64 bits per heavy atom. The Morgan fingerprint density at radius 1 is 1.36 bits per heavy atom. The highest BCUT2D eigenvalue weighted by atomic mass is 16.5. The first-order valence-corrected chi connectivity index (χ1v) is 7.57. The number of carboxylic acid groups (broad SMARTS) is 1. The van der Waals surface area contributed by atoms with E-state index < -0.39 is 11.4 Å². The molecule has 5 heteroatoms. The highest BCUT2D eigenvalue weighted by Gasteiger charge is 2.29. The standard InChI is InChI=1S/C17H24O5/c1-17(2,16(18)19)11-12-5-4-6-14(15(12)20-3)22-13-7-9-21-10-8-13/h4-6,13H,7-11H2,1-3H3,(H,18,19). The molecule has 1 fully saturated rings. The van der Waals surface area contributed by atoms with Crippen LogP contribution in [0.5, 0.6) is 11.5 Å². The van der Waals surface area contributed by atoms with Gasteiger partial charge in [0.15, 0.2) is 11.5 Å². The largest absolute Gasteiger partial charge is 0.493 e. The third kappa shape index (κ3) is 3.91. The SMILES string of the molecule is COc1c(CC(C)(C)C(=O)O)cccc1OC1CCOCC1. The summed E-state index contributed by atoms with van der Waals surface area (Å²) in [4.78, 5) is 11.3. The quantitative estimate of drug-likeness (QED) is 0.875. The van der Waals surface area contributed by atoms with Crippen LogP contribution in [0.15, 0.2) is 18.2 Å². The molecule has 0 saturated carbocycles. The van der Waals surface area contributed by atoms with Gasteiger partial charge in [-0.3, -0.25) is 4.79 Å². The maximum absolute atomic E-state index is 11.3. The first-order chi connectivity index (χ1) is 10.4. The van der Waals surface area contributed by atoms with Gasteiger partial charge in [-0.05, 0) is 31.9 Å². The van der Waals surface area contributed by atoms with E-state index >= 15 is 0 Å². The number of rotatable bonds is 6. The topological polar surface area (TPSA) is 65.0 Å². The number of aliphatic carboxylic acids is 1. The number of para-hydroxylation sites is 1. The third-order valence-corrected chi connectivity index (χ3v) is 3.94. The predicted molar refractivity (Wildman–Crippen MR) is 82.6 cm³/mol. The maximum Gasteiger partial charge on any atom is 0.309 e. The highest BCUT2D eigenvalue weighted by Crippen LogP contribution is 2.36. The molecule has 1 aromatic carbocycles. The van der Waals surface area contributed by atoms with Crippen LogP contribution in [0, 0.1) is 5.41 Å². The van der Waals surface area contributed by atoms with E-state index in [-0.39, 0.29) is 6.10 Å². The molecular weight excluding hydrogens is 284 g/mol. The molecule has 1 saturated heterocycles. The normalized spacial score (nSPS) is 16.3. The Bertz CT molecular complexity index is 518. The average Bonchev–Trinajstić information content (AvgIpc) is 2.48. The van der Waals surface area contributed by atoms with E-state index in [2.05, 4.69) is 0 Å². The molecule has 5 nitrogen and oxygen atoms in total. The number of hydrogen-bond acceptors (Lipinski definition) is 4. The Morgan fingerprint density at radius 2 is 2.05 bits per heavy atom. The van der Waals surface area contributed by atoms with Gasteiger partial charge in [0.2, 0.25) is 0 Å². The fourth-order valence-electron chi connectivity index (χ4n) is 2.55. The van der Waals surface area contributed by atoms with Gasteiger partial charge in [-0.15, -0.1) is 0 Å². The number of benzene rings is 1. The summed E-state index contributed by atoms with van der Waals surface area (Å²) < 4.78 is 16.9. The molecule has 1 heterocycles. The summed E-state index contributed by atoms with van der Waals surface area (Å²) in [5.74, 6) is 0.474. The molecule has 22 heavy (non-hydrogen) atoms. The summed E-state index contributed by atoms with van der Waals surface area (Å²) >= 11 is 0. The highest BCUT2D eigenvalue weighted by molar-refractivity contribution is 5.74. The van der Waals surface area contributed by atoms with Crippen LogP contribution in [-0.2, 0) is 16.0 Å². The fourth-order valence-corrected chi connectivity index (χ4v) is 2.55. The average molecular weight is 308 g/mol. The molecule has 1 aliphatic rings. The van der Waals surface area contributed by atoms with E-state index in [1.54, 1.807) is 21.0 Å². The Kier molecular flexibility index (Phi) is 5.29. The first kappa shape index (κ1) is 16.6. The lowest BCUT2D eigenvalue weighted by molar-refractivity contribution is -0.146. The second-order valence-electron chi connectivity index (χ2n) is 6.24. The summed E-state index contributed by atoms with van der Waals surface area (Å²) in [6.45, 7) is 4.83. The van der Waals surface area contributed by atoms with Gasteiger partial charge < -0.3 is 19.3 Å². The second kappa shape index (κ2) is 7.01. The Balaban J connectivity index is 2.21. The molecule has 1 aliphatic heterocycles. The van der Waals surface area contributed by atoms with Crippen LogP contribution < -0.4 is 9.47 Å². The number of methoxy groups -OCH3 is 1. The van der Waals surface area contributed by atoms with Gasteiger partial charge >= 0.3 is 5.97 Å². The molecule has 0 spiro atoms. The number of carboxylic acids is 1. The second-order valence-corrected chi connectivity index (χ2v) is 6.24. The van der Waals surface area contributed by atoms with E-state index in [0.717, 1.165) is 18.4 Å². The van der Waals surface area contributed by atoms with Crippen molar-refractivity contribution in [2.45, 2.75) is 39.2 Å². The van der Waals surface area contributed by atoms with Crippen molar-refractivity contribution in [1.82, 2.24) is 0 Å². The molecule has 122 valence electrons. The van der Waals surface area contributed by atoms with Gasteiger partial charge in [0, 0.05) is 12.8 Å². The van der Waals surface area contributed by atoms with Crippen LogP contribution in [0.2, 0.25) is 0 Å². The monoisotopic (exact) mass is 308 g/mol. The molecule has 0 atom stereocenters. The fraction of sp³-hybridized carbons (Fsp3) is 0.588. The lowest BCUT2D eigenvalue weighted by Crippen LogP contribution is -2.27. The number of ether oxygens (including phenoxy) is 3. The molecule has 0 unspecified atom stereocenters. The minimum atomic E-state index is -0.857. The van der Waals surface area contributed by atoms with Gasteiger partial charge in [-0.2, -0.15) is 0 Å². The maximum atomic E-state index is 11.3. The van der Waals surface area contributed by atoms with Crippen LogP contribution in [0.4, 0.5) is 0 Å². The zero-order chi connectivity index (χ0) is 16.2. The van der Waals surface area contributed by atoms with Crippen LogP contribution in [0.3, 0.4) is 0 Å².